The molecule has 0 N–H and O–H groups in total. The topological polar surface area (TPSA) is 71.1 Å². The predicted octanol–water partition coefficient (Wildman–Crippen LogP) is 8.63. The van der Waals surface area contributed by atoms with Gasteiger partial charge in [0.1, 0.15) is 34.5 Å². The molecule has 0 atom stereocenters. The summed E-state index contributed by atoms with van der Waals surface area (Å²) < 4.78 is 22.3. The summed E-state index contributed by atoms with van der Waals surface area (Å²) in [5.74, 6) is 3.42. The van der Waals surface area contributed by atoms with Crippen LogP contribution in [0.1, 0.15) is 90.2 Å². The van der Waals surface area contributed by atoms with Crippen LogP contribution in [0.3, 0.4) is 0 Å². The van der Waals surface area contributed by atoms with Crippen molar-refractivity contribution in [1.29, 1.82) is 0 Å². The van der Waals surface area contributed by atoms with Crippen molar-refractivity contribution in [3.05, 3.63) is 107 Å². The van der Waals surface area contributed by atoms with Crippen molar-refractivity contribution in [3.8, 4) is 11.5 Å². The van der Waals surface area contributed by atoms with Crippen molar-refractivity contribution in [2.24, 2.45) is 0 Å². The highest BCUT2D eigenvalue weighted by Gasteiger charge is 2.23. The zero-order valence-corrected chi connectivity index (χ0v) is 24.5. The zero-order valence-electron chi connectivity index (χ0n) is 24.5. The Balaban J connectivity index is 1.53. The molecule has 0 aliphatic heterocycles. The van der Waals surface area contributed by atoms with E-state index in [4.69, 9.17) is 18.9 Å². The summed E-state index contributed by atoms with van der Waals surface area (Å²) in [6, 6.07) is 16.4. The SMILES string of the molecule is C=C(C)C(=O)OC(C)=C(C)Oc1ccc(C2CCC(c3ccc(OC(C)=C(C)OC(=O)C(=C)C)cc3)CC2)cc1. The van der Waals surface area contributed by atoms with Gasteiger partial charge < -0.3 is 18.9 Å². The number of allylic oxidation sites excluding steroid dienone is 4. The van der Waals surface area contributed by atoms with Crippen LogP contribution in [0.4, 0.5) is 0 Å². The molecule has 6 nitrogen and oxygen atoms in total. The smallest absolute Gasteiger partial charge is 0.338 e. The number of carbonyl (C=O) groups is 2. The lowest BCUT2D eigenvalue weighted by atomic mass is 9.76. The minimum absolute atomic E-state index is 0.343. The highest BCUT2D eigenvalue weighted by Crippen LogP contribution is 2.41. The molecule has 1 saturated carbocycles. The Morgan fingerprint density at radius 2 is 0.850 bits per heavy atom. The molecule has 0 bridgehead atoms. The van der Waals surface area contributed by atoms with E-state index >= 15 is 0 Å². The van der Waals surface area contributed by atoms with Gasteiger partial charge in [-0.15, -0.1) is 0 Å². The molecule has 3 rings (SSSR count). The monoisotopic (exact) mass is 544 g/mol. The fraction of sp³-hybridized carbons (Fsp3) is 0.353. The van der Waals surface area contributed by atoms with E-state index in [1.165, 1.54) is 11.1 Å². The maximum Gasteiger partial charge on any atom is 0.338 e. The Hall–Kier alpha value is -4.06. The first kappa shape index (κ1) is 30.5. The molecule has 0 unspecified atom stereocenters. The number of benzene rings is 2. The number of esters is 2. The molecule has 0 amide bonds. The third-order valence-corrected chi connectivity index (χ3v) is 7.15. The van der Waals surface area contributed by atoms with E-state index in [-0.39, 0.29) is 0 Å². The molecule has 1 aliphatic rings. The van der Waals surface area contributed by atoms with Crippen molar-refractivity contribution in [3.63, 3.8) is 0 Å². The fourth-order valence-corrected chi connectivity index (χ4v) is 4.47. The summed E-state index contributed by atoms with van der Waals surface area (Å²) in [5, 5.41) is 0. The summed E-state index contributed by atoms with van der Waals surface area (Å²) in [7, 11) is 0. The lowest BCUT2D eigenvalue weighted by molar-refractivity contribution is -0.136. The first-order valence-electron chi connectivity index (χ1n) is 13.6. The number of hydrogen-bond acceptors (Lipinski definition) is 6. The van der Waals surface area contributed by atoms with Crippen LogP contribution < -0.4 is 9.47 Å². The fourth-order valence-electron chi connectivity index (χ4n) is 4.47. The quantitative estimate of drug-likeness (QED) is 0.169. The average Bonchev–Trinajstić information content (AvgIpc) is 2.93. The second-order valence-corrected chi connectivity index (χ2v) is 10.5. The molecule has 2 aromatic rings. The third-order valence-electron chi connectivity index (χ3n) is 7.15. The number of hydrogen-bond donors (Lipinski definition) is 0. The maximum atomic E-state index is 11.7. The summed E-state index contributed by atoms with van der Waals surface area (Å²) in [6.07, 6.45) is 4.47. The third kappa shape index (κ3) is 8.47. The van der Waals surface area contributed by atoms with Crippen molar-refractivity contribution in [2.75, 3.05) is 0 Å². The van der Waals surface area contributed by atoms with Crippen LogP contribution in [0.5, 0.6) is 11.5 Å². The molecule has 0 saturated heterocycles. The molecule has 6 heteroatoms. The molecule has 40 heavy (non-hydrogen) atoms. The first-order valence-corrected chi connectivity index (χ1v) is 13.6. The second kappa shape index (κ2) is 13.8. The van der Waals surface area contributed by atoms with Gasteiger partial charge in [0.15, 0.2) is 0 Å². The highest BCUT2D eigenvalue weighted by atomic mass is 16.6. The number of ether oxygens (including phenoxy) is 4. The minimum atomic E-state index is -0.461. The summed E-state index contributed by atoms with van der Waals surface area (Å²) >= 11 is 0. The van der Waals surface area contributed by atoms with E-state index in [0.29, 0.717) is 57.5 Å². The van der Waals surface area contributed by atoms with Gasteiger partial charge in [-0.3, -0.25) is 0 Å². The second-order valence-electron chi connectivity index (χ2n) is 10.5. The van der Waals surface area contributed by atoms with E-state index in [1.807, 2.05) is 24.3 Å². The van der Waals surface area contributed by atoms with Gasteiger partial charge in [-0.25, -0.2) is 9.59 Å². The van der Waals surface area contributed by atoms with Crippen LogP contribution in [-0.2, 0) is 19.1 Å². The predicted molar refractivity (Wildman–Crippen MR) is 157 cm³/mol. The Labute approximate surface area is 238 Å². The Bertz CT molecular complexity index is 1200. The van der Waals surface area contributed by atoms with Crippen LogP contribution in [0.15, 0.2) is 95.9 Å². The molecule has 0 spiro atoms. The number of rotatable bonds is 10. The molecular formula is C34H40O6. The minimum Gasteiger partial charge on any atom is -0.459 e. The Morgan fingerprint density at radius 3 is 1.12 bits per heavy atom. The Morgan fingerprint density at radius 1 is 0.550 bits per heavy atom. The molecule has 0 aromatic heterocycles. The van der Waals surface area contributed by atoms with Gasteiger partial charge >= 0.3 is 11.9 Å². The van der Waals surface area contributed by atoms with Gasteiger partial charge in [-0.1, -0.05) is 37.4 Å². The van der Waals surface area contributed by atoms with E-state index < -0.39 is 11.9 Å². The van der Waals surface area contributed by atoms with E-state index in [0.717, 1.165) is 25.7 Å². The van der Waals surface area contributed by atoms with Crippen molar-refractivity contribution in [2.45, 2.75) is 79.1 Å². The maximum absolute atomic E-state index is 11.7. The standard InChI is InChI=1S/C34H40O6/c1-21(2)33(35)39-25(7)23(5)37-31-17-13-29(14-18-31)27-9-11-28(12-10-27)30-15-19-32(20-16-30)38-24(6)26(8)40-34(36)22(3)4/h13-20,27-28H,1,3,9-12H2,2,4-8H3. The van der Waals surface area contributed by atoms with Crippen LogP contribution in [0, 0.1) is 0 Å². The lowest BCUT2D eigenvalue weighted by Gasteiger charge is -2.29. The van der Waals surface area contributed by atoms with E-state index in [2.05, 4.69) is 37.4 Å². The van der Waals surface area contributed by atoms with E-state index in [1.54, 1.807) is 41.5 Å². The first-order chi connectivity index (χ1) is 18.9. The summed E-state index contributed by atoms with van der Waals surface area (Å²) in [6.45, 7) is 17.4. The van der Waals surface area contributed by atoms with Crippen molar-refractivity contribution < 1.29 is 28.5 Å². The molecule has 2 aromatic carbocycles. The average molecular weight is 545 g/mol. The van der Waals surface area contributed by atoms with Crippen molar-refractivity contribution in [1.82, 2.24) is 0 Å². The molecule has 0 radical (unpaired) electrons. The zero-order chi connectivity index (χ0) is 29.4. The molecule has 212 valence electrons. The van der Waals surface area contributed by atoms with Gasteiger partial charge in [-0.2, -0.15) is 0 Å². The lowest BCUT2D eigenvalue weighted by Crippen LogP contribution is -2.12. The number of carbonyl (C=O) groups excluding carboxylic acids is 2. The molecular weight excluding hydrogens is 504 g/mol. The molecule has 0 heterocycles. The van der Waals surface area contributed by atoms with E-state index in [9.17, 15) is 9.59 Å². The van der Waals surface area contributed by atoms with Crippen LogP contribution >= 0.6 is 0 Å². The van der Waals surface area contributed by atoms with Gasteiger partial charge in [0.2, 0.25) is 0 Å². The molecule has 1 aliphatic carbocycles. The van der Waals surface area contributed by atoms with Gasteiger partial charge in [0.05, 0.1) is 0 Å². The van der Waals surface area contributed by atoms with Gasteiger partial charge in [0.25, 0.3) is 0 Å². The normalized spacial score (nSPS) is 18.1. The Kier molecular flexibility index (Phi) is 10.5. The summed E-state index contributed by atoms with van der Waals surface area (Å²) in [5.41, 5.74) is 3.31. The van der Waals surface area contributed by atoms with Crippen LogP contribution in [0.25, 0.3) is 0 Å². The van der Waals surface area contributed by atoms with Crippen LogP contribution in [-0.4, -0.2) is 11.9 Å². The van der Waals surface area contributed by atoms with Crippen LogP contribution in [0.2, 0.25) is 0 Å². The van der Waals surface area contributed by atoms with Crippen molar-refractivity contribution >= 4 is 11.9 Å². The largest absolute Gasteiger partial charge is 0.459 e. The summed E-state index contributed by atoms with van der Waals surface area (Å²) in [4.78, 5) is 23.5. The molecule has 1 fully saturated rings. The highest BCUT2D eigenvalue weighted by molar-refractivity contribution is 5.88. The van der Waals surface area contributed by atoms with Gasteiger partial charge in [-0.05, 0) is 114 Å². The van der Waals surface area contributed by atoms with Gasteiger partial charge in [0, 0.05) is 11.1 Å².